The average Bonchev–Trinajstić information content (AvgIpc) is 3.04. The summed E-state index contributed by atoms with van der Waals surface area (Å²) in [4.78, 5) is 12.0. The zero-order chi connectivity index (χ0) is 15.4. The molecular formula is C14H20N4O3. The molecule has 7 heteroatoms. The summed E-state index contributed by atoms with van der Waals surface area (Å²) in [5, 5.41) is 16.8. The summed E-state index contributed by atoms with van der Waals surface area (Å²) in [7, 11) is 5.06. The second-order valence-electron chi connectivity index (χ2n) is 4.83. The lowest BCUT2D eigenvalue weighted by Crippen LogP contribution is -2.26. The molecule has 0 bridgehead atoms. The van der Waals surface area contributed by atoms with Crippen molar-refractivity contribution in [1.29, 1.82) is 0 Å². The van der Waals surface area contributed by atoms with E-state index in [4.69, 9.17) is 4.74 Å². The third-order valence-corrected chi connectivity index (χ3v) is 3.26. The van der Waals surface area contributed by atoms with Crippen LogP contribution in [0.3, 0.4) is 0 Å². The quantitative estimate of drug-likeness (QED) is 0.818. The highest BCUT2D eigenvalue weighted by Gasteiger charge is 2.17. The average molecular weight is 292 g/mol. The first-order valence-electron chi connectivity index (χ1n) is 6.68. The highest BCUT2D eigenvalue weighted by molar-refractivity contribution is 5.96. The van der Waals surface area contributed by atoms with Crippen molar-refractivity contribution >= 4 is 5.91 Å². The Morgan fingerprint density at radius 1 is 1.52 bits per heavy atom. The van der Waals surface area contributed by atoms with E-state index in [1.807, 2.05) is 29.9 Å². The molecule has 0 aromatic carbocycles. The first-order valence-corrected chi connectivity index (χ1v) is 6.68. The van der Waals surface area contributed by atoms with Gasteiger partial charge in [-0.1, -0.05) is 0 Å². The molecule has 2 rings (SSSR count). The first kappa shape index (κ1) is 15.1. The van der Waals surface area contributed by atoms with Gasteiger partial charge in [-0.2, -0.15) is 0 Å². The van der Waals surface area contributed by atoms with E-state index in [9.17, 15) is 9.90 Å². The fourth-order valence-electron chi connectivity index (χ4n) is 2.16. The fraction of sp³-hybridized carbons (Fsp3) is 0.429. The Kier molecular flexibility index (Phi) is 4.64. The molecule has 2 heterocycles. The lowest BCUT2D eigenvalue weighted by Gasteiger charge is -2.12. The van der Waals surface area contributed by atoms with Crippen LogP contribution >= 0.6 is 0 Å². The summed E-state index contributed by atoms with van der Waals surface area (Å²) in [6.45, 7) is 0.364. The highest BCUT2D eigenvalue weighted by Crippen LogP contribution is 2.17. The molecule has 0 aliphatic carbocycles. The Morgan fingerprint density at radius 3 is 2.90 bits per heavy atom. The summed E-state index contributed by atoms with van der Waals surface area (Å²) in [6, 6.07) is 3.73. The molecule has 0 saturated carbocycles. The van der Waals surface area contributed by atoms with Gasteiger partial charge in [-0.15, -0.1) is 5.10 Å². The molecule has 0 aliphatic heterocycles. The lowest BCUT2D eigenvalue weighted by atomic mass is 10.2. The minimum absolute atomic E-state index is 0.265. The number of hydrogen-bond acceptors (Lipinski definition) is 4. The van der Waals surface area contributed by atoms with Gasteiger partial charge in [-0.25, -0.2) is 0 Å². The van der Waals surface area contributed by atoms with Gasteiger partial charge in [0.05, 0.1) is 13.2 Å². The van der Waals surface area contributed by atoms with E-state index < -0.39 is 6.10 Å². The number of methoxy groups -OCH3 is 1. The Labute approximate surface area is 123 Å². The SMILES string of the molecule is COc1nn(C)cc1C(=O)NCC[C@H](O)c1cccn1C. The van der Waals surface area contributed by atoms with Crippen molar-refractivity contribution in [2.75, 3.05) is 13.7 Å². The maximum absolute atomic E-state index is 12.0. The maximum atomic E-state index is 12.0. The lowest BCUT2D eigenvalue weighted by molar-refractivity contribution is 0.0938. The zero-order valence-electron chi connectivity index (χ0n) is 12.4. The van der Waals surface area contributed by atoms with E-state index in [0.717, 1.165) is 5.69 Å². The number of aryl methyl sites for hydroxylation is 2. The molecule has 1 amide bonds. The summed E-state index contributed by atoms with van der Waals surface area (Å²) < 4.78 is 8.42. The molecule has 0 spiro atoms. The third kappa shape index (κ3) is 3.43. The van der Waals surface area contributed by atoms with Crippen LogP contribution in [0.25, 0.3) is 0 Å². The molecule has 0 fully saturated rings. The number of carbonyl (C=O) groups is 1. The van der Waals surface area contributed by atoms with E-state index in [1.165, 1.54) is 11.8 Å². The number of carbonyl (C=O) groups excluding carboxylic acids is 1. The molecule has 0 saturated heterocycles. The smallest absolute Gasteiger partial charge is 0.258 e. The van der Waals surface area contributed by atoms with Gasteiger partial charge in [0.15, 0.2) is 0 Å². The van der Waals surface area contributed by atoms with Gasteiger partial charge in [0.25, 0.3) is 5.91 Å². The molecule has 0 radical (unpaired) electrons. The van der Waals surface area contributed by atoms with Gasteiger partial charge in [-0.05, 0) is 18.6 Å². The summed E-state index contributed by atoms with van der Waals surface area (Å²) in [6.07, 6.45) is 3.30. The standard InChI is InChI=1S/C14H20N4O3/c1-17-8-4-5-11(17)12(19)6-7-15-13(20)10-9-18(2)16-14(10)21-3/h4-5,8-9,12,19H,6-7H2,1-3H3,(H,15,20)/t12-/m0/s1. The van der Waals surface area contributed by atoms with Crippen LogP contribution in [0.2, 0.25) is 0 Å². The molecule has 114 valence electrons. The van der Waals surface area contributed by atoms with E-state index in [2.05, 4.69) is 10.4 Å². The Bertz CT molecular complexity index is 618. The van der Waals surface area contributed by atoms with Crippen LogP contribution in [0.5, 0.6) is 5.88 Å². The van der Waals surface area contributed by atoms with Crippen molar-refractivity contribution in [3.05, 3.63) is 35.8 Å². The number of ether oxygens (including phenoxy) is 1. The molecular weight excluding hydrogens is 272 g/mol. The van der Waals surface area contributed by atoms with E-state index in [0.29, 0.717) is 18.5 Å². The largest absolute Gasteiger partial charge is 0.479 e. The highest BCUT2D eigenvalue weighted by atomic mass is 16.5. The minimum Gasteiger partial charge on any atom is -0.479 e. The van der Waals surface area contributed by atoms with Crippen molar-refractivity contribution < 1.29 is 14.6 Å². The molecule has 0 unspecified atom stereocenters. The van der Waals surface area contributed by atoms with Crippen LogP contribution in [-0.4, -0.2) is 39.0 Å². The van der Waals surface area contributed by atoms with Crippen LogP contribution in [0.1, 0.15) is 28.6 Å². The van der Waals surface area contributed by atoms with E-state index in [-0.39, 0.29) is 11.8 Å². The van der Waals surface area contributed by atoms with Crippen LogP contribution in [-0.2, 0) is 14.1 Å². The van der Waals surface area contributed by atoms with E-state index >= 15 is 0 Å². The first-order chi connectivity index (χ1) is 10.0. The van der Waals surface area contributed by atoms with Gasteiger partial charge < -0.3 is 19.7 Å². The third-order valence-electron chi connectivity index (χ3n) is 3.26. The molecule has 2 N–H and O–H groups in total. The van der Waals surface area contributed by atoms with Gasteiger partial charge in [0.2, 0.25) is 5.88 Å². The van der Waals surface area contributed by atoms with Crippen molar-refractivity contribution in [2.45, 2.75) is 12.5 Å². The number of aliphatic hydroxyl groups excluding tert-OH is 1. The number of amides is 1. The van der Waals surface area contributed by atoms with Crippen LogP contribution < -0.4 is 10.1 Å². The summed E-state index contributed by atoms with van der Waals surface area (Å²) in [5.74, 6) is 0.0250. The normalized spacial score (nSPS) is 12.2. The predicted molar refractivity (Wildman–Crippen MR) is 77.1 cm³/mol. The van der Waals surface area contributed by atoms with Crippen molar-refractivity contribution in [1.82, 2.24) is 19.7 Å². The Balaban J connectivity index is 1.88. The van der Waals surface area contributed by atoms with Crippen molar-refractivity contribution in [3.8, 4) is 5.88 Å². The molecule has 7 nitrogen and oxygen atoms in total. The van der Waals surface area contributed by atoms with Gasteiger partial charge in [0, 0.05) is 38.7 Å². The number of nitrogens with zero attached hydrogens (tertiary/aromatic N) is 3. The van der Waals surface area contributed by atoms with E-state index in [1.54, 1.807) is 13.2 Å². The summed E-state index contributed by atoms with van der Waals surface area (Å²) in [5.41, 5.74) is 1.21. The number of aromatic nitrogens is 3. The van der Waals surface area contributed by atoms with Crippen LogP contribution in [0, 0.1) is 0 Å². The van der Waals surface area contributed by atoms with Crippen molar-refractivity contribution in [2.24, 2.45) is 14.1 Å². The number of nitrogens with one attached hydrogen (secondary N) is 1. The van der Waals surface area contributed by atoms with Gasteiger partial charge in [-0.3, -0.25) is 9.48 Å². The maximum Gasteiger partial charge on any atom is 0.258 e. The Morgan fingerprint density at radius 2 is 2.29 bits per heavy atom. The monoisotopic (exact) mass is 292 g/mol. The number of aliphatic hydroxyl groups is 1. The molecule has 2 aromatic rings. The molecule has 1 atom stereocenters. The van der Waals surface area contributed by atoms with Gasteiger partial charge in [0.1, 0.15) is 5.56 Å². The number of rotatable bonds is 6. The molecule has 0 aliphatic rings. The minimum atomic E-state index is -0.610. The topological polar surface area (TPSA) is 81.3 Å². The second-order valence-corrected chi connectivity index (χ2v) is 4.83. The number of hydrogen-bond donors (Lipinski definition) is 2. The van der Waals surface area contributed by atoms with Crippen molar-refractivity contribution in [3.63, 3.8) is 0 Å². The van der Waals surface area contributed by atoms with Crippen LogP contribution in [0.15, 0.2) is 24.5 Å². The molecule has 21 heavy (non-hydrogen) atoms. The van der Waals surface area contributed by atoms with Gasteiger partial charge >= 0.3 is 0 Å². The predicted octanol–water partition coefficient (Wildman–Crippen LogP) is 0.621. The fourth-order valence-corrected chi connectivity index (χ4v) is 2.16. The molecule has 2 aromatic heterocycles. The van der Waals surface area contributed by atoms with Crippen LogP contribution in [0.4, 0.5) is 0 Å². The zero-order valence-corrected chi connectivity index (χ0v) is 12.4. The second kappa shape index (κ2) is 6.45. The Hall–Kier alpha value is -2.28. The summed E-state index contributed by atoms with van der Waals surface area (Å²) >= 11 is 0.